The number of rotatable bonds is 5. The fraction of sp³-hybridized carbons (Fsp3) is 0.333. The van der Waals surface area contributed by atoms with Crippen molar-refractivity contribution in [1.82, 2.24) is 25.0 Å². The molecule has 2 N–H and O–H groups in total. The molecule has 9 heteroatoms. The van der Waals surface area contributed by atoms with Crippen LogP contribution in [-0.4, -0.2) is 63.1 Å². The molecule has 2 aromatic rings. The summed E-state index contributed by atoms with van der Waals surface area (Å²) in [5, 5.41) is 12.2. The van der Waals surface area contributed by atoms with Gasteiger partial charge in [-0.2, -0.15) is 5.10 Å². The van der Waals surface area contributed by atoms with Crippen LogP contribution in [0.3, 0.4) is 0 Å². The summed E-state index contributed by atoms with van der Waals surface area (Å²) in [5.41, 5.74) is 1.19. The second kappa shape index (κ2) is 6.83. The number of likely N-dealkylation sites (tertiary alicyclic amines) is 1. The molecule has 0 spiro atoms. The van der Waals surface area contributed by atoms with Gasteiger partial charge in [0.2, 0.25) is 5.91 Å². The van der Waals surface area contributed by atoms with Gasteiger partial charge in [0.05, 0.1) is 11.9 Å². The molecule has 0 bridgehead atoms. The first-order valence-corrected chi connectivity index (χ1v) is 8.36. The van der Waals surface area contributed by atoms with Gasteiger partial charge in [-0.1, -0.05) is 6.08 Å². The molecule has 3 heterocycles. The molecule has 1 aliphatic rings. The number of hydrogen-bond acceptors (Lipinski definition) is 5. The highest BCUT2D eigenvalue weighted by Crippen LogP contribution is 2.27. The monoisotopic (exact) mass is 346 g/mol. The highest BCUT2D eigenvalue weighted by atomic mass is 32.1. The van der Waals surface area contributed by atoms with Gasteiger partial charge in [-0.25, -0.2) is 9.78 Å². The minimum atomic E-state index is -0.458. The molecule has 1 unspecified atom stereocenters. The van der Waals surface area contributed by atoms with Gasteiger partial charge >= 0.3 is 6.03 Å². The van der Waals surface area contributed by atoms with E-state index in [2.05, 4.69) is 27.1 Å². The normalized spacial score (nSPS) is 17.1. The van der Waals surface area contributed by atoms with Crippen LogP contribution in [0.5, 0.6) is 0 Å². The molecule has 24 heavy (non-hydrogen) atoms. The molecule has 0 aliphatic carbocycles. The van der Waals surface area contributed by atoms with Gasteiger partial charge in [-0.3, -0.25) is 9.89 Å². The van der Waals surface area contributed by atoms with Crippen LogP contribution in [0.1, 0.15) is 6.42 Å². The summed E-state index contributed by atoms with van der Waals surface area (Å²) in [6.45, 7) is 4.77. The van der Waals surface area contributed by atoms with E-state index in [0.717, 1.165) is 5.01 Å². The maximum Gasteiger partial charge on any atom is 0.322 e. The number of carbonyl (C=O) groups excluding carboxylic acids is 2. The van der Waals surface area contributed by atoms with E-state index in [1.165, 1.54) is 22.4 Å². The number of amides is 3. The van der Waals surface area contributed by atoms with E-state index >= 15 is 0 Å². The number of aromatic nitrogens is 3. The summed E-state index contributed by atoms with van der Waals surface area (Å²) in [7, 11) is 1.62. The minimum absolute atomic E-state index is 0.0557. The Morgan fingerprint density at radius 2 is 2.50 bits per heavy atom. The lowest BCUT2D eigenvalue weighted by Crippen LogP contribution is -2.44. The van der Waals surface area contributed by atoms with Gasteiger partial charge < -0.3 is 15.1 Å². The van der Waals surface area contributed by atoms with E-state index < -0.39 is 6.04 Å². The van der Waals surface area contributed by atoms with Crippen LogP contribution in [-0.2, 0) is 4.79 Å². The Kier molecular flexibility index (Phi) is 4.61. The second-order valence-corrected chi connectivity index (χ2v) is 6.31. The number of likely N-dealkylation sites (N-methyl/N-ethyl adjacent to an activating group) is 1. The highest BCUT2D eigenvalue weighted by Gasteiger charge is 2.36. The average molecular weight is 346 g/mol. The molecule has 1 atom stereocenters. The van der Waals surface area contributed by atoms with E-state index in [0.29, 0.717) is 30.9 Å². The van der Waals surface area contributed by atoms with E-state index in [1.54, 1.807) is 24.2 Å². The van der Waals surface area contributed by atoms with Gasteiger partial charge in [0.1, 0.15) is 16.7 Å². The van der Waals surface area contributed by atoms with Gasteiger partial charge in [-0.05, 0) is 6.42 Å². The summed E-state index contributed by atoms with van der Waals surface area (Å²) < 4.78 is 0. The third-order valence-corrected chi connectivity index (χ3v) is 4.72. The molecule has 0 aromatic carbocycles. The van der Waals surface area contributed by atoms with Crippen LogP contribution >= 0.6 is 11.3 Å². The van der Waals surface area contributed by atoms with E-state index in [-0.39, 0.29) is 11.9 Å². The number of aromatic amines is 1. The smallest absolute Gasteiger partial charge is 0.322 e. The maximum atomic E-state index is 12.5. The summed E-state index contributed by atoms with van der Waals surface area (Å²) in [6, 6.07) is -0.812. The summed E-state index contributed by atoms with van der Waals surface area (Å²) in [6.07, 6.45) is 5.51. The van der Waals surface area contributed by atoms with Gasteiger partial charge in [-0.15, -0.1) is 17.9 Å². The first kappa shape index (κ1) is 16.2. The SMILES string of the molecule is C=CCN1CCC(N(C)C(=O)Nc2cn[nH]c2-c2nccs2)C1=O. The van der Waals surface area contributed by atoms with Crippen molar-refractivity contribution in [2.75, 3.05) is 25.5 Å². The summed E-state index contributed by atoms with van der Waals surface area (Å²) in [4.78, 5) is 32.2. The van der Waals surface area contributed by atoms with Gasteiger partial charge in [0.25, 0.3) is 0 Å². The number of nitrogens with one attached hydrogen (secondary N) is 2. The molecule has 8 nitrogen and oxygen atoms in total. The molecule has 126 valence electrons. The van der Waals surface area contributed by atoms with Crippen LogP contribution in [0, 0.1) is 0 Å². The molecule has 3 amide bonds. The Labute approximate surface area is 143 Å². The fourth-order valence-corrected chi connectivity index (χ4v) is 3.30. The number of anilines is 1. The van der Waals surface area contributed by atoms with E-state index in [4.69, 9.17) is 0 Å². The van der Waals surface area contributed by atoms with Crippen molar-refractivity contribution in [3.63, 3.8) is 0 Å². The number of H-pyrrole nitrogens is 1. The summed E-state index contributed by atoms with van der Waals surface area (Å²) >= 11 is 1.44. The lowest BCUT2D eigenvalue weighted by molar-refractivity contribution is -0.130. The molecule has 3 rings (SSSR count). The number of hydrogen-bond donors (Lipinski definition) is 2. The molecule has 2 aromatic heterocycles. The highest BCUT2D eigenvalue weighted by molar-refractivity contribution is 7.13. The van der Waals surface area contributed by atoms with Crippen molar-refractivity contribution in [3.05, 3.63) is 30.4 Å². The number of urea groups is 1. The molecule has 0 radical (unpaired) electrons. The first-order chi connectivity index (χ1) is 11.6. The predicted molar refractivity (Wildman–Crippen MR) is 91.7 cm³/mol. The number of thiazole rings is 1. The number of carbonyl (C=O) groups is 2. The van der Waals surface area contributed by atoms with E-state index in [1.807, 2.05) is 5.38 Å². The molecule has 1 saturated heterocycles. The van der Waals surface area contributed by atoms with Crippen molar-refractivity contribution < 1.29 is 9.59 Å². The Balaban J connectivity index is 1.69. The van der Waals surface area contributed by atoms with Crippen LogP contribution in [0.2, 0.25) is 0 Å². The maximum absolute atomic E-state index is 12.5. The standard InChI is InChI=1S/C15H18N6O2S/c1-3-6-21-7-4-11(14(21)22)20(2)15(23)18-10-9-17-19-12(10)13-16-5-8-24-13/h3,5,8-9,11H,1,4,6-7H2,2H3,(H,17,19)(H,18,23). The number of nitrogens with zero attached hydrogens (tertiary/aromatic N) is 4. The third kappa shape index (κ3) is 3.02. The topological polar surface area (TPSA) is 94.2 Å². The third-order valence-electron chi connectivity index (χ3n) is 3.93. The van der Waals surface area contributed by atoms with Crippen LogP contribution < -0.4 is 5.32 Å². The van der Waals surface area contributed by atoms with Crippen molar-refractivity contribution in [3.8, 4) is 10.7 Å². The van der Waals surface area contributed by atoms with Gasteiger partial charge in [0.15, 0.2) is 0 Å². The predicted octanol–water partition coefficient (Wildman–Crippen LogP) is 1.78. The van der Waals surface area contributed by atoms with Crippen LogP contribution in [0.15, 0.2) is 30.4 Å². The van der Waals surface area contributed by atoms with Crippen molar-refractivity contribution >= 4 is 29.0 Å². The quantitative estimate of drug-likeness (QED) is 0.807. The zero-order chi connectivity index (χ0) is 17.1. The Hall–Kier alpha value is -2.68. The van der Waals surface area contributed by atoms with Crippen molar-refractivity contribution in [1.29, 1.82) is 0 Å². The van der Waals surface area contributed by atoms with Crippen LogP contribution in [0.4, 0.5) is 10.5 Å². The van der Waals surface area contributed by atoms with Crippen molar-refractivity contribution in [2.24, 2.45) is 0 Å². The molecule has 0 saturated carbocycles. The summed E-state index contributed by atoms with van der Waals surface area (Å²) in [5.74, 6) is -0.0557. The molecular weight excluding hydrogens is 328 g/mol. The van der Waals surface area contributed by atoms with E-state index in [9.17, 15) is 9.59 Å². The average Bonchev–Trinajstić information content (AvgIpc) is 3.29. The lowest BCUT2D eigenvalue weighted by atomic mass is 10.2. The zero-order valence-electron chi connectivity index (χ0n) is 13.2. The molecular formula is C15H18N6O2S. The fourth-order valence-electron chi connectivity index (χ4n) is 2.65. The first-order valence-electron chi connectivity index (χ1n) is 7.48. The molecule has 1 aliphatic heterocycles. The molecule has 1 fully saturated rings. The lowest BCUT2D eigenvalue weighted by Gasteiger charge is -2.23. The Morgan fingerprint density at radius 1 is 1.67 bits per heavy atom. The second-order valence-electron chi connectivity index (χ2n) is 5.41. The zero-order valence-corrected chi connectivity index (χ0v) is 14.0. The minimum Gasteiger partial charge on any atom is -0.337 e. The largest absolute Gasteiger partial charge is 0.337 e. The van der Waals surface area contributed by atoms with Gasteiger partial charge in [0, 0.05) is 31.7 Å². The Morgan fingerprint density at radius 3 is 3.21 bits per heavy atom. The van der Waals surface area contributed by atoms with Crippen molar-refractivity contribution in [2.45, 2.75) is 12.5 Å². The Bertz CT molecular complexity index is 741. The van der Waals surface area contributed by atoms with Crippen LogP contribution in [0.25, 0.3) is 10.7 Å².